The van der Waals surface area contributed by atoms with Crippen LogP contribution in [0.25, 0.3) is 16.9 Å². The van der Waals surface area contributed by atoms with Crippen molar-refractivity contribution in [3.05, 3.63) is 47.1 Å². The highest BCUT2D eigenvalue weighted by Crippen LogP contribution is 2.28. The van der Waals surface area contributed by atoms with Crippen molar-refractivity contribution in [2.75, 3.05) is 5.73 Å². The van der Waals surface area contributed by atoms with Gasteiger partial charge in [0.1, 0.15) is 5.82 Å². The topological polar surface area (TPSA) is 56.2 Å². The van der Waals surface area contributed by atoms with E-state index in [0.29, 0.717) is 16.5 Å². The van der Waals surface area contributed by atoms with Crippen LogP contribution in [-0.2, 0) is 6.42 Å². The van der Waals surface area contributed by atoms with Crippen LogP contribution in [0.2, 0.25) is 5.02 Å². The van der Waals surface area contributed by atoms with Gasteiger partial charge in [-0.05, 0) is 24.1 Å². The van der Waals surface area contributed by atoms with E-state index in [1.165, 1.54) is 5.56 Å². The molecule has 4 nitrogen and oxygen atoms in total. The fourth-order valence-electron chi connectivity index (χ4n) is 2.03. The van der Waals surface area contributed by atoms with Crippen LogP contribution in [0.1, 0.15) is 12.5 Å². The molecule has 19 heavy (non-hydrogen) atoms. The molecule has 3 aromatic rings. The second kappa shape index (κ2) is 4.55. The van der Waals surface area contributed by atoms with Gasteiger partial charge < -0.3 is 5.73 Å². The summed E-state index contributed by atoms with van der Waals surface area (Å²) in [7, 11) is 0. The van der Waals surface area contributed by atoms with Crippen LogP contribution in [-0.4, -0.2) is 14.6 Å². The molecule has 0 aliphatic rings. The zero-order valence-electron chi connectivity index (χ0n) is 10.5. The number of fused-ring (bicyclic) bond motifs is 1. The quantitative estimate of drug-likeness (QED) is 0.779. The van der Waals surface area contributed by atoms with E-state index in [1.807, 2.05) is 18.2 Å². The number of nitrogens with zero attached hydrogens (tertiary/aromatic N) is 3. The summed E-state index contributed by atoms with van der Waals surface area (Å²) in [5.41, 5.74) is 9.44. The molecule has 0 aliphatic carbocycles. The minimum absolute atomic E-state index is 0.553. The molecule has 2 N–H and O–H groups in total. The van der Waals surface area contributed by atoms with Gasteiger partial charge in [0.2, 0.25) is 0 Å². The second-order valence-corrected chi connectivity index (χ2v) is 4.74. The van der Waals surface area contributed by atoms with Crippen molar-refractivity contribution in [3.63, 3.8) is 0 Å². The monoisotopic (exact) mass is 272 g/mol. The number of aromatic nitrogens is 3. The van der Waals surface area contributed by atoms with Gasteiger partial charge in [-0.1, -0.05) is 30.7 Å². The largest absolute Gasteiger partial charge is 0.384 e. The zero-order chi connectivity index (χ0) is 13.4. The average molecular weight is 273 g/mol. The number of benzene rings is 1. The van der Waals surface area contributed by atoms with E-state index >= 15 is 0 Å². The summed E-state index contributed by atoms with van der Waals surface area (Å²) < 4.78 is 1.61. The van der Waals surface area contributed by atoms with E-state index in [2.05, 4.69) is 23.1 Å². The number of halogens is 1. The predicted octanol–water partition coefficient (Wildman–Crippen LogP) is 3.19. The molecule has 0 aliphatic heterocycles. The van der Waals surface area contributed by atoms with Crippen LogP contribution >= 0.6 is 11.6 Å². The Labute approximate surface area is 115 Å². The van der Waals surface area contributed by atoms with Gasteiger partial charge in [0.15, 0.2) is 5.65 Å². The Morgan fingerprint density at radius 2 is 2.11 bits per heavy atom. The summed E-state index contributed by atoms with van der Waals surface area (Å²) in [5.74, 6) is 0.553. The summed E-state index contributed by atoms with van der Waals surface area (Å²) >= 11 is 6.31. The average Bonchev–Trinajstić information content (AvgIpc) is 2.83. The van der Waals surface area contributed by atoms with Gasteiger partial charge in [-0.3, -0.25) is 0 Å². The number of nitrogens with two attached hydrogens (primary N) is 1. The van der Waals surface area contributed by atoms with Crippen molar-refractivity contribution >= 4 is 23.1 Å². The van der Waals surface area contributed by atoms with Crippen LogP contribution in [0.4, 0.5) is 5.82 Å². The SMILES string of the molecule is CCc1ccc(-c2cc3nccc(N)n3n2)c(Cl)c1. The number of anilines is 1. The molecule has 0 spiro atoms. The molecule has 2 aromatic heterocycles. The van der Waals surface area contributed by atoms with Gasteiger partial charge >= 0.3 is 0 Å². The maximum Gasteiger partial charge on any atom is 0.157 e. The molecule has 0 unspecified atom stereocenters. The number of hydrogen-bond donors (Lipinski definition) is 1. The summed E-state index contributed by atoms with van der Waals surface area (Å²) in [4.78, 5) is 4.23. The van der Waals surface area contributed by atoms with Crippen LogP contribution in [0.15, 0.2) is 36.5 Å². The molecule has 0 atom stereocenters. The maximum absolute atomic E-state index is 6.31. The maximum atomic E-state index is 6.31. The fourth-order valence-corrected chi connectivity index (χ4v) is 2.33. The van der Waals surface area contributed by atoms with Gasteiger partial charge in [0.05, 0.1) is 10.7 Å². The van der Waals surface area contributed by atoms with E-state index in [9.17, 15) is 0 Å². The van der Waals surface area contributed by atoms with Gasteiger partial charge in [0.25, 0.3) is 0 Å². The molecule has 0 fully saturated rings. The molecule has 1 aromatic carbocycles. The smallest absolute Gasteiger partial charge is 0.157 e. The number of hydrogen-bond acceptors (Lipinski definition) is 3. The fraction of sp³-hybridized carbons (Fsp3) is 0.143. The van der Waals surface area contributed by atoms with E-state index in [4.69, 9.17) is 17.3 Å². The zero-order valence-corrected chi connectivity index (χ0v) is 11.2. The number of aryl methyl sites for hydroxylation is 1. The Morgan fingerprint density at radius 3 is 2.79 bits per heavy atom. The highest BCUT2D eigenvalue weighted by atomic mass is 35.5. The lowest BCUT2D eigenvalue weighted by Gasteiger charge is -2.03. The molecule has 5 heteroatoms. The Bertz CT molecular complexity index is 748. The molecule has 3 rings (SSSR count). The molecular weight excluding hydrogens is 260 g/mol. The van der Waals surface area contributed by atoms with Gasteiger partial charge in [-0.15, -0.1) is 0 Å². The van der Waals surface area contributed by atoms with Crippen molar-refractivity contribution < 1.29 is 0 Å². The lowest BCUT2D eigenvalue weighted by atomic mass is 10.1. The minimum Gasteiger partial charge on any atom is -0.384 e. The summed E-state index contributed by atoms with van der Waals surface area (Å²) in [5, 5.41) is 5.14. The predicted molar refractivity (Wildman–Crippen MR) is 77.2 cm³/mol. The van der Waals surface area contributed by atoms with Crippen LogP contribution in [0, 0.1) is 0 Å². The van der Waals surface area contributed by atoms with Crippen LogP contribution in [0.3, 0.4) is 0 Å². The van der Waals surface area contributed by atoms with E-state index < -0.39 is 0 Å². The molecule has 2 heterocycles. The third-order valence-corrected chi connectivity index (χ3v) is 3.42. The van der Waals surface area contributed by atoms with Crippen LogP contribution in [0.5, 0.6) is 0 Å². The molecule has 0 amide bonds. The molecule has 0 bridgehead atoms. The van der Waals surface area contributed by atoms with Gasteiger partial charge in [-0.25, -0.2) is 4.98 Å². The molecular formula is C14H13ClN4. The first kappa shape index (κ1) is 12.0. The lowest BCUT2D eigenvalue weighted by molar-refractivity contribution is 0.956. The Morgan fingerprint density at radius 1 is 1.26 bits per heavy atom. The van der Waals surface area contributed by atoms with Crippen molar-refractivity contribution in [2.45, 2.75) is 13.3 Å². The molecule has 96 valence electrons. The van der Waals surface area contributed by atoms with Gasteiger partial charge in [-0.2, -0.15) is 9.61 Å². The Hall–Kier alpha value is -2.07. The van der Waals surface area contributed by atoms with E-state index in [1.54, 1.807) is 16.8 Å². The van der Waals surface area contributed by atoms with Crippen molar-refractivity contribution in [1.82, 2.24) is 14.6 Å². The van der Waals surface area contributed by atoms with E-state index in [0.717, 1.165) is 17.7 Å². The third-order valence-electron chi connectivity index (χ3n) is 3.10. The van der Waals surface area contributed by atoms with Crippen LogP contribution < -0.4 is 5.73 Å². The Balaban J connectivity index is 2.16. The summed E-state index contributed by atoms with van der Waals surface area (Å²) in [6.45, 7) is 2.10. The lowest BCUT2D eigenvalue weighted by Crippen LogP contribution is -1.98. The highest BCUT2D eigenvalue weighted by Gasteiger charge is 2.10. The first-order chi connectivity index (χ1) is 9.19. The molecule has 0 saturated carbocycles. The number of rotatable bonds is 2. The van der Waals surface area contributed by atoms with E-state index in [-0.39, 0.29) is 0 Å². The summed E-state index contributed by atoms with van der Waals surface area (Å²) in [6.07, 6.45) is 2.62. The first-order valence-corrected chi connectivity index (χ1v) is 6.46. The second-order valence-electron chi connectivity index (χ2n) is 4.34. The third kappa shape index (κ3) is 2.04. The van der Waals surface area contributed by atoms with Gasteiger partial charge in [0, 0.05) is 17.8 Å². The highest BCUT2D eigenvalue weighted by molar-refractivity contribution is 6.33. The normalized spacial score (nSPS) is 11.1. The Kier molecular flexibility index (Phi) is 2.87. The van der Waals surface area contributed by atoms with Crippen molar-refractivity contribution in [3.8, 4) is 11.3 Å². The summed E-state index contributed by atoms with van der Waals surface area (Å²) in [6, 6.07) is 9.60. The number of nitrogen functional groups attached to an aromatic ring is 1. The standard InChI is InChI=1S/C14H13ClN4/c1-2-9-3-4-10(11(15)7-9)12-8-14-17-6-5-13(16)19(14)18-12/h3-8H,2,16H2,1H3. The molecule has 0 radical (unpaired) electrons. The molecule has 0 saturated heterocycles. The minimum atomic E-state index is 0.553. The van der Waals surface area contributed by atoms with Crippen molar-refractivity contribution in [2.24, 2.45) is 0 Å². The van der Waals surface area contributed by atoms with Crippen molar-refractivity contribution in [1.29, 1.82) is 0 Å². The first-order valence-electron chi connectivity index (χ1n) is 6.08.